The Hall–Kier alpha value is -13.0. The van der Waals surface area contributed by atoms with Crippen LogP contribution in [0.25, 0.3) is 0 Å². The van der Waals surface area contributed by atoms with Crippen LogP contribution in [0.1, 0.15) is 136 Å². The van der Waals surface area contributed by atoms with E-state index in [4.69, 9.17) is 5.73 Å². The number of nitrogens with one attached hydrogen (secondary N) is 13. The monoisotopic (exact) mass is 1470 g/mol. The lowest BCUT2D eigenvalue weighted by molar-refractivity contribution is -0.121. The minimum atomic E-state index is -0.657. The van der Waals surface area contributed by atoms with Gasteiger partial charge >= 0.3 is 0 Å². The quantitative estimate of drug-likeness (QED) is 0.0238. The summed E-state index contributed by atoms with van der Waals surface area (Å²) in [6.07, 6.45) is 13.5. The van der Waals surface area contributed by atoms with Crippen molar-refractivity contribution in [3.63, 3.8) is 0 Å². The molecule has 40 nitrogen and oxygen atoms in total. The van der Waals surface area contributed by atoms with Crippen LogP contribution in [0, 0.1) is 0 Å². The molecule has 564 valence electrons. The molecule has 0 aliphatic rings. The zero-order valence-corrected chi connectivity index (χ0v) is 60.2. The third-order valence-electron chi connectivity index (χ3n) is 16.0. The lowest BCUT2D eigenvalue weighted by Gasteiger charge is -2.15. The summed E-state index contributed by atoms with van der Waals surface area (Å²) < 4.78 is 11.6. The summed E-state index contributed by atoms with van der Waals surface area (Å²) in [5, 5.41) is 34.7. The van der Waals surface area contributed by atoms with Crippen molar-refractivity contribution in [2.24, 2.45) is 62.1 Å². The molecule has 0 aliphatic carbocycles. The van der Waals surface area contributed by atoms with Gasteiger partial charge in [0.2, 0.25) is 52.8 Å². The number of aromatic nitrogens is 12. The normalized spacial score (nSPS) is 11.0. The number of nitrogens with two attached hydrogens (primary N) is 1. The second-order valence-corrected chi connectivity index (χ2v) is 24.8. The Morgan fingerprint density at radius 1 is 0.330 bits per heavy atom. The molecule has 0 saturated carbocycles. The average molecular weight is 1470 g/mol. The van der Waals surface area contributed by atoms with Gasteiger partial charge in [0, 0.05) is 171 Å². The van der Waals surface area contributed by atoms with Gasteiger partial charge in [0.25, 0.3) is 47.3 Å². The topological polar surface area (TPSA) is 499 Å². The van der Waals surface area contributed by atoms with Gasteiger partial charge in [-0.15, -0.1) is 0 Å². The molecule has 13 amide bonds. The number of amides is 13. The summed E-state index contributed by atoms with van der Waals surface area (Å²) >= 11 is 0. The first-order valence-corrected chi connectivity index (χ1v) is 33.4. The number of rotatable bonds is 36. The number of nitrogens with zero attached hydrogens (tertiary/aromatic N) is 13. The number of hydrogen-bond acceptors (Lipinski definition) is 19. The molecule has 0 atom stereocenters. The molecule has 8 heterocycles. The SMILES string of the molecule is CC(=O)Nc1cn(C)c(C(=O)Nc2cc(C(=O)NCCC(=O)Nc3cn(C)c(C(=O)Nc4cc(C(=O)NCCCC(=O)Nc5cn(C)c(C(=O)Nc6cc(C(=O)NCCC(=O)Nc7cn(C)c(C(=O)Nc8cc(C(=O)NCCC(=O)NCCCN(C)CCCN)n(C)c8)n7)n(C)c6)n5)n(C)c4)n3)n(C)c2)n1. The van der Waals surface area contributed by atoms with Gasteiger partial charge in [-0.1, -0.05) is 0 Å². The summed E-state index contributed by atoms with van der Waals surface area (Å²) in [5.41, 5.74) is 7.42. The molecule has 0 unspecified atom stereocenters. The number of aryl methyl sites for hydroxylation is 8. The first-order valence-electron chi connectivity index (χ1n) is 33.4. The second kappa shape index (κ2) is 36.2. The number of carbonyl (C=O) groups excluding carboxylic acids is 13. The highest BCUT2D eigenvalue weighted by atomic mass is 16.2. The Morgan fingerprint density at radius 3 is 0.934 bits per heavy atom. The van der Waals surface area contributed by atoms with Crippen LogP contribution >= 0.6 is 0 Å². The van der Waals surface area contributed by atoms with E-state index in [0.29, 0.717) is 24.5 Å². The molecule has 0 aromatic carbocycles. The van der Waals surface area contributed by atoms with E-state index in [1.165, 1.54) is 111 Å². The molecular weight excluding hydrogens is 1380 g/mol. The molecule has 0 bridgehead atoms. The van der Waals surface area contributed by atoms with Crippen LogP contribution in [0.2, 0.25) is 0 Å². The summed E-state index contributed by atoms with van der Waals surface area (Å²) in [6.45, 7) is 4.19. The highest BCUT2D eigenvalue weighted by Crippen LogP contribution is 2.21. The third kappa shape index (κ3) is 22.0. The van der Waals surface area contributed by atoms with Crippen molar-refractivity contribution in [1.29, 1.82) is 0 Å². The van der Waals surface area contributed by atoms with Crippen molar-refractivity contribution < 1.29 is 62.3 Å². The van der Waals surface area contributed by atoms with Gasteiger partial charge in [0.1, 0.15) is 22.8 Å². The summed E-state index contributed by atoms with van der Waals surface area (Å²) in [4.78, 5) is 187. The number of imidazole rings is 4. The maximum Gasteiger partial charge on any atom is 0.291 e. The fourth-order valence-electron chi connectivity index (χ4n) is 10.7. The van der Waals surface area contributed by atoms with Crippen molar-refractivity contribution in [3.8, 4) is 0 Å². The molecular formula is C66H87N27O13. The number of carbonyl (C=O) groups is 13. The lowest BCUT2D eigenvalue weighted by atomic mass is 10.3. The van der Waals surface area contributed by atoms with Gasteiger partial charge in [-0.3, -0.25) is 62.3 Å². The van der Waals surface area contributed by atoms with Crippen LogP contribution < -0.4 is 74.9 Å². The molecule has 0 saturated heterocycles. The minimum Gasteiger partial charge on any atom is -0.356 e. The van der Waals surface area contributed by atoms with Crippen LogP contribution in [0.5, 0.6) is 0 Å². The van der Waals surface area contributed by atoms with Crippen LogP contribution in [0.3, 0.4) is 0 Å². The largest absolute Gasteiger partial charge is 0.356 e. The third-order valence-corrected chi connectivity index (χ3v) is 16.0. The van der Waals surface area contributed by atoms with E-state index in [9.17, 15) is 62.3 Å². The van der Waals surface area contributed by atoms with Gasteiger partial charge in [-0.05, 0) is 70.2 Å². The van der Waals surface area contributed by atoms with Gasteiger partial charge in [0.15, 0.2) is 23.3 Å². The zero-order valence-electron chi connectivity index (χ0n) is 60.2. The van der Waals surface area contributed by atoms with Crippen molar-refractivity contribution >= 4 is 123 Å². The van der Waals surface area contributed by atoms with E-state index in [0.717, 1.165) is 25.9 Å². The highest BCUT2D eigenvalue weighted by molar-refractivity contribution is 6.07. The predicted octanol–water partition coefficient (Wildman–Crippen LogP) is 0.515. The van der Waals surface area contributed by atoms with Crippen molar-refractivity contribution in [2.75, 3.05) is 102 Å². The molecule has 8 aromatic rings. The van der Waals surface area contributed by atoms with Crippen LogP contribution in [-0.2, 0) is 80.4 Å². The molecule has 15 N–H and O–H groups in total. The van der Waals surface area contributed by atoms with Crippen LogP contribution in [0.15, 0.2) is 73.8 Å². The van der Waals surface area contributed by atoms with E-state index in [2.05, 4.69) is 94.0 Å². The average Bonchev–Trinajstić information content (AvgIpc) is 1.70. The molecule has 8 rings (SSSR count). The Bertz CT molecular complexity index is 4630. The number of anilines is 8. The van der Waals surface area contributed by atoms with Gasteiger partial charge in [0.05, 0.1) is 22.7 Å². The standard InChI is InChI=1S/C66H87N27O13/c1-38(94)73-47-34-90(7)55(81-47)63(103)74-40-28-45(88(5)31-40)61(101)71-22-16-53(97)79-49-36-92(9)57(83-49)65(105)75-39-26-43(86(3)30-39)59(99)69-19-11-14-52(96)78-48-35-91(8)56(82-48)64(104)76-42-29-46(89(6)33-42)62(102)72-23-17-54(98)80-50-37-93(10)58(84-50)66(106)77-41-27-44(87(4)32-41)60(100)70-21-15-51(95)68-20-13-25-85(2)24-12-18-67/h26-37H,11-25,67H2,1-10H3,(H,68,95)(H,69,99)(H,70,100)(H,71,101)(H,72,102)(H,73,94)(H,74,103)(H,75,105)(H,76,104)(H,77,106)(H,78,96)(H,79,97)(H,80,98). The van der Waals surface area contributed by atoms with Gasteiger partial charge in [-0.25, -0.2) is 19.9 Å². The fraction of sp³-hybridized carbons (Fsp3) is 0.379. The smallest absolute Gasteiger partial charge is 0.291 e. The van der Waals surface area contributed by atoms with Gasteiger partial charge < -0.3 is 116 Å². The Kier molecular flexibility index (Phi) is 26.9. The second-order valence-electron chi connectivity index (χ2n) is 24.8. The van der Waals surface area contributed by atoms with Crippen molar-refractivity contribution in [3.05, 3.63) is 120 Å². The summed E-state index contributed by atoms with van der Waals surface area (Å²) in [5.74, 6) is -6.32. The Balaban J connectivity index is 0.694. The maximum absolute atomic E-state index is 13.4. The van der Waals surface area contributed by atoms with Crippen LogP contribution in [-0.4, -0.2) is 198 Å². The lowest BCUT2D eigenvalue weighted by Crippen LogP contribution is -2.33. The molecule has 106 heavy (non-hydrogen) atoms. The van der Waals surface area contributed by atoms with Crippen molar-refractivity contribution in [2.45, 2.75) is 51.9 Å². The Morgan fingerprint density at radius 2 is 0.613 bits per heavy atom. The predicted molar refractivity (Wildman–Crippen MR) is 388 cm³/mol. The first-order chi connectivity index (χ1) is 50.4. The number of hydrogen-bond donors (Lipinski definition) is 14. The highest BCUT2D eigenvalue weighted by Gasteiger charge is 2.25. The summed E-state index contributed by atoms with van der Waals surface area (Å²) in [7, 11) is 14.7. The van der Waals surface area contributed by atoms with E-state index in [1.807, 2.05) is 7.05 Å². The fourth-order valence-corrected chi connectivity index (χ4v) is 10.7. The Labute approximate surface area is 606 Å². The molecule has 0 spiro atoms. The van der Waals surface area contributed by atoms with E-state index >= 15 is 0 Å². The van der Waals surface area contributed by atoms with E-state index in [1.54, 1.807) is 62.6 Å². The van der Waals surface area contributed by atoms with Crippen molar-refractivity contribution in [1.82, 2.24) is 88.0 Å². The van der Waals surface area contributed by atoms with Gasteiger partial charge in [-0.2, -0.15) is 0 Å². The maximum atomic E-state index is 13.4. The molecule has 0 fully saturated rings. The van der Waals surface area contributed by atoms with Crippen LogP contribution in [0.4, 0.5) is 46.0 Å². The minimum absolute atomic E-state index is 0.0194. The molecule has 0 radical (unpaired) electrons. The zero-order chi connectivity index (χ0) is 77.1. The first kappa shape index (κ1) is 78.7. The van der Waals surface area contributed by atoms with E-state index in [-0.39, 0.29) is 151 Å². The summed E-state index contributed by atoms with van der Waals surface area (Å²) in [6, 6.07) is 5.79. The molecule has 0 aliphatic heterocycles. The molecule has 8 aromatic heterocycles. The molecule has 40 heteroatoms. The van der Waals surface area contributed by atoms with E-state index < -0.39 is 65.0 Å².